The van der Waals surface area contributed by atoms with E-state index in [1.807, 2.05) is 25.1 Å². The van der Waals surface area contributed by atoms with Crippen LogP contribution in [0.25, 0.3) is 22.6 Å². The Morgan fingerprint density at radius 2 is 2.02 bits per heavy atom. The van der Waals surface area contributed by atoms with Crippen molar-refractivity contribution in [3.05, 3.63) is 70.4 Å². The van der Waals surface area contributed by atoms with Gasteiger partial charge in [-0.1, -0.05) is 17.7 Å². The van der Waals surface area contributed by atoms with E-state index >= 15 is 0 Å². The zero-order chi connectivity index (χ0) is 28.9. The van der Waals surface area contributed by atoms with Gasteiger partial charge < -0.3 is 25.4 Å². The van der Waals surface area contributed by atoms with Gasteiger partial charge in [0.05, 0.1) is 11.2 Å². The highest BCUT2D eigenvalue weighted by molar-refractivity contribution is 6.33. The third-order valence-corrected chi connectivity index (χ3v) is 7.39. The van der Waals surface area contributed by atoms with Crippen molar-refractivity contribution in [1.82, 2.24) is 35.1 Å². The molecule has 1 amide bonds. The number of amides is 1. The Morgan fingerprint density at radius 3 is 2.76 bits per heavy atom. The summed E-state index contributed by atoms with van der Waals surface area (Å²) in [7, 11) is 3.90. The summed E-state index contributed by atoms with van der Waals surface area (Å²) in [6, 6.07) is 8.98. The van der Waals surface area contributed by atoms with Crippen molar-refractivity contribution in [3.8, 4) is 11.4 Å². The molecule has 4 aromatic rings. The van der Waals surface area contributed by atoms with Crippen molar-refractivity contribution < 1.29 is 13.6 Å². The summed E-state index contributed by atoms with van der Waals surface area (Å²) in [6.45, 7) is 4.03. The van der Waals surface area contributed by atoms with Gasteiger partial charge in [-0.25, -0.2) is 18.7 Å². The van der Waals surface area contributed by atoms with Gasteiger partial charge in [-0.3, -0.25) is 4.79 Å². The molecule has 1 fully saturated rings. The first kappa shape index (κ1) is 28.8. The number of imidazole rings is 1. The quantitative estimate of drug-likeness (QED) is 0.256. The first-order valence-electron chi connectivity index (χ1n) is 13.6. The predicted octanol–water partition coefficient (Wildman–Crippen LogP) is 4.33. The number of fused-ring (bicyclic) bond motifs is 1. The third-order valence-electron chi connectivity index (χ3n) is 7.08. The van der Waals surface area contributed by atoms with Crippen LogP contribution in [0.4, 0.5) is 14.7 Å². The minimum Gasteiger partial charge on any atom is -0.351 e. The Hall–Kier alpha value is -3.67. The molecule has 0 radical (unpaired) electrons. The smallest absolute Gasteiger partial charge is 0.251 e. The molecule has 1 aliphatic rings. The summed E-state index contributed by atoms with van der Waals surface area (Å²) < 4.78 is 29.0. The second-order valence-electron chi connectivity index (χ2n) is 10.5. The summed E-state index contributed by atoms with van der Waals surface area (Å²) in [5, 5.41) is 9.87. The molecule has 41 heavy (non-hydrogen) atoms. The molecule has 0 aliphatic carbocycles. The predicted molar refractivity (Wildman–Crippen MR) is 156 cm³/mol. The minimum atomic E-state index is -0.904. The van der Waals surface area contributed by atoms with Gasteiger partial charge in [-0.15, -0.1) is 0 Å². The zero-order valence-corrected chi connectivity index (χ0v) is 23.8. The lowest BCUT2D eigenvalue weighted by Gasteiger charge is -2.24. The summed E-state index contributed by atoms with van der Waals surface area (Å²) in [6.07, 6.45) is 3.79. The number of rotatable bonds is 10. The highest BCUT2D eigenvalue weighted by Gasteiger charge is 2.22. The fourth-order valence-electron chi connectivity index (χ4n) is 4.88. The lowest BCUT2D eigenvalue weighted by atomic mass is 9.99. The van der Waals surface area contributed by atoms with E-state index in [1.54, 1.807) is 18.3 Å². The molecule has 2 aromatic carbocycles. The van der Waals surface area contributed by atoms with Gasteiger partial charge >= 0.3 is 0 Å². The van der Waals surface area contributed by atoms with E-state index in [4.69, 9.17) is 21.6 Å². The molecule has 0 bridgehead atoms. The van der Waals surface area contributed by atoms with Crippen LogP contribution in [-0.4, -0.2) is 70.6 Å². The van der Waals surface area contributed by atoms with Crippen LogP contribution in [0, 0.1) is 17.6 Å². The van der Waals surface area contributed by atoms with Gasteiger partial charge in [0.1, 0.15) is 11.3 Å². The maximum atomic E-state index is 13.7. The average Bonchev–Trinajstić information content (AvgIpc) is 3.31. The number of benzene rings is 2. The Labute approximate surface area is 242 Å². The summed E-state index contributed by atoms with van der Waals surface area (Å²) in [4.78, 5) is 28.6. The Kier molecular flexibility index (Phi) is 9.06. The highest BCUT2D eigenvalue weighted by Crippen LogP contribution is 2.32. The van der Waals surface area contributed by atoms with Gasteiger partial charge in [0, 0.05) is 37.3 Å². The molecule has 3 N–H and O–H groups in total. The zero-order valence-electron chi connectivity index (χ0n) is 23.1. The summed E-state index contributed by atoms with van der Waals surface area (Å²) in [5.74, 6) is -0.636. The number of halogens is 3. The molecular weight excluding hydrogens is 550 g/mol. The number of hydrogen-bond acceptors (Lipinski definition) is 7. The van der Waals surface area contributed by atoms with E-state index in [9.17, 15) is 13.6 Å². The fourth-order valence-corrected chi connectivity index (χ4v) is 5.15. The van der Waals surface area contributed by atoms with Crippen LogP contribution in [0.3, 0.4) is 0 Å². The Balaban J connectivity index is 1.45. The number of carbonyl (C=O) groups is 1. The molecule has 5 rings (SSSR count). The number of likely N-dealkylation sites (N-methyl/N-ethyl adjacent to an activating group) is 1. The fraction of sp³-hybridized carbons (Fsp3) is 0.379. The summed E-state index contributed by atoms with van der Waals surface area (Å²) >= 11 is 6.75. The number of nitrogens with zero attached hydrogens (tertiary/aromatic N) is 5. The molecule has 3 heterocycles. The van der Waals surface area contributed by atoms with Gasteiger partial charge in [0.15, 0.2) is 17.3 Å². The molecule has 0 spiro atoms. The minimum absolute atomic E-state index is 0.190. The van der Waals surface area contributed by atoms with Crippen molar-refractivity contribution in [2.75, 3.05) is 45.6 Å². The van der Waals surface area contributed by atoms with E-state index in [0.29, 0.717) is 63.7 Å². The Morgan fingerprint density at radius 1 is 1.17 bits per heavy atom. The van der Waals surface area contributed by atoms with Crippen LogP contribution >= 0.6 is 11.6 Å². The second-order valence-corrected chi connectivity index (χ2v) is 10.9. The number of carbonyl (C=O) groups excluding carboxylic acids is 1. The van der Waals surface area contributed by atoms with Gasteiger partial charge in [-0.05, 0) is 81.8 Å². The molecule has 0 unspecified atom stereocenters. The van der Waals surface area contributed by atoms with Gasteiger partial charge in [-0.2, -0.15) is 4.98 Å². The average molecular weight is 583 g/mol. The second kappa shape index (κ2) is 12.9. The van der Waals surface area contributed by atoms with E-state index in [2.05, 4.69) is 25.5 Å². The van der Waals surface area contributed by atoms with E-state index in [1.165, 1.54) is 6.07 Å². The lowest BCUT2D eigenvalue weighted by molar-refractivity contribution is 0.0951. The monoisotopic (exact) mass is 582 g/mol. The molecule has 9 nitrogen and oxygen atoms in total. The van der Waals surface area contributed by atoms with Crippen molar-refractivity contribution in [1.29, 1.82) is 0 Å². The molecule has 0 saturated carbocycles. The van der Waals surface area contributed by atoms with E-state index in [-0.39, 0.29) is 12.5 Å². The number of aromatic nitrogens is 4. The van der Waals surface area contributed by atoms with E-state index in [0.717, 1.165) is 44.6 Å². The molecule has 1 aliphatic heterocycles. The van der Waals surface area contributed by atoms with Crippen LogP contribution in [0.2, 0.25) is 5.02 Å². The SMILES string of the molecule is CN(C)CCNC(=O)c1ccc(-c2nc3cnc(NCc4ccc(F)c(F)c4)nc3n2C[C@@H]2CCCNC2)c(Cl)c1. The van der Waals surface area contributed by atoms with Crippen LogP contribution in [0.15, 0.2) is 42.6 Å². The van der Waals surface area contributed by atoms with Crippen molar-refractivity contribution in [2.45, 2.75) is 25.9 Å². The third kappa shape index (κ3) is 6.98. The lowest BCUT2D eigenvalue weighted by Crippen LogP contribution is -2.32. The number of nitrogens with one attached hydrogen (secondary N) is 3. The molecule has 1 atom stereocenters. The van der Waals surface area contributed by atoms with Crippen LogP contribution in [-0.2, 0) is 13.1 Å². The van der Waals surface area contributed by atoms with Crippen molar-refractivity contribution >= 4 is 34.6 Å². The van der Waals surface area contributed by atoms with Crippen LogP contribution in [0.5, 0.6) is 0 Å². The molecule has 2 aromatic heterocycles. The van der Waals surface area contributed by atoms with Gasteiger partial charge in [0.25, 0.3) is 5.91 Å². The van der Waals surface area contributed by atoms with Crippen molar-refractivity contribution in [3.63, 3.8) is 0 Å². The first-order chi connectivity index (χ1) is 19.8. The van der Waals surface area contributed by atoms with Crippen LogP contribution < -0.4 is 16.0 Å². The molecule has 1 saturated heterocycles. The largest absolute Gasteiger partial charge is 0.351 e. The van der Waals surface area contributed by atoms with Gasteiger partial charge in [0.2, 0.25) is 5.95 Å². The topological polar surface area (TPSA) is 100 Å². The molecule has 12 heteroatoms. The number of hydrogen-bond donors (Lipinski definition) is 3. The number of piperidine rings is 1. The van der Waals surface area contributed by atoms with E-state index < -0.39 is 11.6 Å². The number of anilines is 1. The normalized spacial score (nSPS) is 15.4. The maximum Gasteiger partial charge on any atom is 0.251 e. The maximum absolute atomic E-state index is 13.7. The first-order valence-corrected chi connectivity index (χ1v) is 14.0. The van der Waals surface area contributed by atoms with Crippen LogP contribution in [0.1, 0.15) is 28.8 Å². The molecule has 216 valence electrons. The van der Waals surface area contributed by atoms with Crippen molar-refractivity contribution in [2.24, 2.45) is 5.92 Å². The highest BCUT2D eigenvalue weighted by atomic mass is 35.5. The Bertz CT molecular complexity index is 1540. The standard InChI is InChI=1S/C29H33ClF2N8O/c1-39(2)11-10-34-28(41)20-6-7-21(22(30)13-20)26-37-25-16-36-29(35-15-18-5-8-23(31)24(32)12-18)38-27(25)40(26)17-19-4-3-9-33-14-19/h5-8,12-13,16,19,33H,3-4,9-11,14-15,17H2,1-2H3,(H,34,41)(H,35,36,38)/t19-/m1/s1. The summed E-state index contributed by atoms with van der Waals surface area (Å²) in [5.41, 5.74) is 2.96. The molecular formula is C29H33ClF2N8O.